The van der Waals surface area contributed by atoms with E-state index in [0.717, 1.165) is 37.1 Å². The number of benzene rings is 3. The van der Waals surface area contributed by atoms with E-state index < -0.39 is 66.1 Å². The Balaban J connectivity index is 1.22. The number of ether oxygens (including phenoxy) is 6. The molecule has 14 nitrogen and oxygen atoms in total. The number of carbonyl (C=O) groups is 1. The van der Waals surface area contributed by atoms with Gasteiger partial charge in [0, 0.05) is 37.8 Å². The molecule has 3 aromatic heterocycles. The molecule has 3 aliphatic heterocycles. The molecule has 75 heavy (non-hydrogen) atoms. The van der Waals surface area contributed by atoms with Gasteiger partial charge in [-0.05, 0) is 126 Å². The molecule has 0 N–H and O–H groups in total. The van der Waals surface area contributed by atoms with Crippen LogP contribution in [0.3, 0.4) is 0 Å². The Hall–Kier alpha value is -6.28. The van der Waals surface area contributed by atoms with Gasteiger partial charge in [-0.15, -0.1) is 0 Å². The molecule has 0 aliphatic carbocycles. The fourth-order valence-electron chi connectivity index (χ4n) is 10.5. The first-order valence-electron chi connectivity index (χ1n) is 25.0. The van der Waals surface area contributed by atoms with Crippen LogP contribution in [-0.2, 0) is 28.7 Å². The van der Waals surface area contributed by atoms with Crippen LogP contribution in [0.1, 0.15) is 87.7 Å². The number of nitrogens with zero attached hydrogens (tertiary/aromatic N) is 7. The Labute approximate surface area is 441 Å². The summed E-state index contributed by atoms with van der Waals surface area (Å²) in [5.74, 6) is 0.241. The number of alkyl halides is 3. The molecule has 6 aromatic rings. The third-order valence-corrected chi connectivity index (χ3v) is 15.2. The standard InChI is InChI=1S/C55H60ClF4N7O7Si/c1-9-71-38-27-54(21-11-23-66(54)30-38)31-73-51-63-47-42-48(72-25-24-67(49(42)64-51)33(3)39-12-10-22-61-50(39)75-52(68)74-53(4,5)6)44(56)41(45(47)57)46-43(55(58,59)60)32(2)26-40(62-46)65(28-34-13-17-36(69-7)18-14-34)29-35-15-19-37(70-8)20-16-35/h10,12-20,22,26,33,38H,9,11,21,23-25,27-31H2,1-8H3/t33-,38-,54+/m1/s1. The van der Waals surface area contributed by atoms with Crippen molar-refractivity contribution in [1.82, 2.24) is 24.8 Å². The second-order valence-corrected chi connectivity index (χ2v) is 21.6. The van der Waals surface area contributed by atoms with Gasteiger partial charge < -0.3 is 38.2 Å². The molecule has 0 spiro atoms. The van der Waals surface area contributed by atoms with Crippen LogP contribution >= 0.6 is 11.6 Å². The van der Waals surface area contributed by atoms with Gasteiger partial charge >= 0.3 is 12.2 Å². The number of hydrogen-bond donors (Lipinski definition) is 0. The second-order valence-electron chi connectivity index (χ2n) is 20.1. The van der Waals surface area contributed by atoms with Crippen molar-refractivity contribution >= 4 is 54.6 Å². The average Bonchev–Trinajstić information content (AvgIpc) is 3.84. The minimum atomic E-state index is -5.02. The Morgan fingerprint density at radius 1 is 0.987 bits per heavy atom. The molecule has 0 amide bonds. The molecule has 3 aliphatic rings. The summed E-state index contributed by atoms with van der Waals surface area (Å²) < 4.78 is 101. The summed E-state index contributed by atoms with van der Waals surface area (Å²) in [5.41, 5.74) is -2.48. The Morgan fingerprint density at radius 3 is 2.29 bits per heavy atom. The predicted octanol–water partition coefficient (Wildman–Crippen LogP) is 10.7. The number of aromatic nitrogens is 4. The summed E-state index contributed by atoms with van der Waals surface area (Å²) in [6.45, 7) is 13.3. The normalized spacial score (nSPS) is 18.1. The molecule has 9 rings (SSSR count). The molecule has 2 saturated heterocycles. The average molecular weight is 1070 g/mol. The van der Waals surface area contributed by atoms with Crippen molar-refractivity contribution in [3.8, 4) is 34.5 Å². The molecule has 6 heterocycles. The molecule has 2 fully saturated rings. The Morgan fingerprint density at radius 2 is 1.67 bits per heavy atom. The van der Waals surface area contributed by atoms with Gasteiger partial charge in [-0.1, -0.05) is 41.9 Å². The highest BCUT2D eigenvalue weighted by Gasteiger charge is 2.50. The smallest absolute Gasteiger partial charge is 0.418 e. The highest BCUT2D eigenvalue weighted by atomic mass is 35.5. The zero-order valence-corrected chi connectivity index (χ0v) is 45.0. The van der Waals surface area contributed by atoms with Gasteiger partial charge in [-0.3, -0.25) is 14.7 Å². The second kappa shape index (κ2) is 21.8. The molecule has 0 unspecified atom stereocenters. The maximum atomic E-state index is 18.4. The minimum Gasteiger partial charge on any atom is -0.497 e. The van der Waals surface area contributed by atoms with Crippen molar-refractivity contribution in [1.29, 1.82) is 0 Å². The van der Waals surface area contributed by atoms with E-state index >= 15 is 17.6 Å². The monoisotopic (exact) mass is 1070 g/mol. The van der Waals surface area contributed by atoms with E-state index in [4.69, 9.17) is 55.0 Å². The fourth-order valence-corrected chi connectivity index (χ4v) is 11.9. The lowest BCUT2D eigenvalue weighted by atomic mass is 9.94. The molecule has 3 atom stereocenters. The number of aryl methyl sites for hydroxylation is 1. The number of halogens is 5. The van der Waals surface area contributed by atoms with Crippen LogP contribution < -0.4 is 34.1 Å². The van der Waals surface area contributed by atoms with Gasteiger partial charge in [-0.2, -0.15) is 23.1 Å². The maximum absolute atomic E-state index is 18.4. The molecule has 20 heteroatoms. The summed E-state index contributed by atoms with van der Waals surface area (Å²) >= 11 is 7.30. The van der Waals surface area contributed by atoms with Crippen LogP contribution in [0.5, 0.6) is 23.3 Å². The summed E-state index contributed by atoms with van der Waals surface area (Å²) in [6, 6.07) is 18.8. The third kappa shape index (κ3) is 11.3. The van der Waals surface area contributed by atoms with E-state index in [9.17, 15) is 4.79 Å². The first-order chi connectivity index (χ1) is 35.8. The van der Waals surface area contributed by atoms with E-state index in [1.165, 1.54) is 13.0 Å². The van der Waals surface area contributed by atoms with Crippen LogP contribution in [0, 0.1) is 12.7 Å². The van der Waals surface area contributed by atoms with Gasteiger partial charge in [0.2, 0.25) is 0 Å². The van der Waals surface area contributed by atoms with Crippen LogP contribution in [0.15, 0.2) is 72.9 Å². The van der Waals surface area contributed by atoms with Gasteiger partial charge in [0.15, 0.2) is 11.6 Å². The van der Waals surface area contributed by atoms with Crippen molar-refractivity contribution in [3.63, 3.8) is 0 Å². The lowest BCUT2D eigenvalue weighted by Gasteiger charge is -2.32. The lowest BCUT2D eigenvalue weighted by molar-refractivity contribution is -0.137. The first kappa shape index (κ1) is 53.5. The van der Waals surface area contributed by atoms with Crippen LogP contribution in [-0.4, -0.2) is 111 Å². The van der Waals surface area contributed by atoms with E-state index in [0.29, 0.717) is 35.4 Å². The fraction of sp³-hybridized carbons (Fsp3) is 0.436. The van der Waals surface area contributed by atoms with Gasteiger partial charge in [0.05, 0.1) is 65.7 Å². The van der Waals surface area contributed by atoms with Gasteiger partial charge in [0.25, 0.3) is 15.1 Å². The van der Waals surface area contributed by atoms with E-state index in [2.05, 4.69) is 9.88 Å². The highest BCUT2D eigenvalue weighted by molar-refractivity contribution is 6.82. The summed E-state index contributed by atoms with van der Waals surface area (Å²) in [7, 11) is 2.66. The molecule has 0 bridgehead atoms. The van der Waals surface area contributed by atoms with E-state index in [1.54, 1.807) is 71.5 Å². The first-order valence-corrected chi connectivity index (χ1v) is 26.3. The number of hydrogen-bond acceptors (Lipinski definition) is 14. The van der Waals surface area contributed by atoms with Crippen molar-refractivity contribution in [3.05, 3.63) is 112 Å². The summed E-state index contributed by atoms with van der Waals surface area (Å²) in [6.07, 6.45) is -0.966. The van der Waals surface area contributed by atoms with Gasteiger partial charge in [0.1, 0.15) is 47.5 Å². The van der Waals surface area contributed by atoms with Crippen molar-refractivity contribution in [2.45, 2.75) is 103 Å². The van der Waals surface area contributed by atoms with Gasteiger partial charge in [-0.25, -0.2) is 9.37 Å². The minimum absolute atomic E-state index is 0.00719. The number of pyridine rings is 2. The maximum Gasteiger partial charge on any atom is 0.418 e. The molecular weight excluding hydrogens is 1010 g/mol. The quantitative estimate of drug-likeness (QED) is 0.0633. The predicted molar refractivity (Wildman–Crippen MR) is 280 cm³/mol. The largest absolute Gasteiger partial charge is 0.497 e. The van der Waals surface area contributed by atoms with E-state index in [-0.39, 0.29) is 78.8 Å². The van der Waals surface area contributed by atoms with Crippen LogP contribution in [0.25, 0.3) is 22.2 Å². The molecule has 0 saturated carbocycles. The molecule has 3 aromatic carbocycles. The zero-order valence-electron chi connectivity index (χ0n) is 43.2. The zero-order chi connectivity index (χ0) is 53.4. The van der Waals surface area contributed by atoms with Crippen molar-refractivity contribution < 1.29 is 50.8 Å². The van der Waals surface area contributed by atoms with Crippen LogP contribution in [0.2, 0.25) is 5.02 Å². The molecular formula is C55H60ClF4N7O7Si. The number of rotatable bonds is 17. The van der Waals surface area contributed by atoms with Crippen molar-refractivity contribution in [2.24, 2.45) is 0 Å². The molecule has 396 valence electrons. The molecule has 2 radical (unpaired) electrons. The third-order valence-electron chi connectivity index (χ3n) is 13.9. The summed E-state index contributed by atoms with van der Waals surface area (Å²) in [4.78, 5) is 38.3. The van der Waals surface area contributed by atoms with Crippen molar-refractivity contribution in [2.75, 3.05) is 63.5 Å². The van der Waals surface area contributed by atoms with Crippen LogP contribution in [0.4, 0.5) is 34.0 Å². The number of fused-ring (bicyclic) bond motifs is 1. The Bertz CT molecular complexity index is 3010. The lowest BCUT2D eigenvalue weighted by Crippen LogP contribution is -2.43. The number of anilines is 2. The number of carbonyl (C=O) groups excluding carboxylic acids is 1. The van der Waals surface area contributed by atoms with E-state index in [1.807, 2.05) is 54.0 Å². The topological polar surface area (TPSA) is 134 Å². The highest BCUT2D eigenvalue weighted by Crippen LogP contribution is 2.51. The Kier molecular flexibility index (Phi) is 15.5. The summed E-state index contributed by atoms with van der Waals surface area (Å²) in [5, 5.41) is 0.0600. The SMILES string of the molecule is CCO[C@H]1CN2CCC[C@@]2(COc2nc3c4c(c(Cl)c(-c5nc(N(Cc6ccc(OC)cc6)Cc6ccc(OC)cc6)cc(C)c5C(F)(F)F)c(F)c4n2)OCCN3[C@H](C)c2cccnc2[Si]C(=O)OC(C)(C)C)C1. The number of methoxy groups -OCH3 is 2.